The molecular formula is C23H25FN4O3. The Morgan fingerprint density at radius 2 is 1.94 bits per heavy atom. The Kier molecular flexibility index (Phi) is 6.57. The van der Waals surface area contributed by atoms with Crippen LogP contribution in [0.2, 0.25) is 0 Å². The van der Waals surface area contributed by atoms with Crippen LogP contribution in [0.15, 0.2) is 59.1 Å². The van der Waals surface area contributed by atoms with Crippen molar-refractivity contribution < 1.29 is 18.4 Å². The van der Waals surface area contributed by atoms with Gasteiger partial charge in [-0.05, 0) is 43.2 Å². The van der Waals surface area contributed by atoms with Crippen molar-refractivity contribution in [3.8, 4) is 5.75 Å². The molecule has 3 aromatic rings. The van der Waals surface area contributed by atoms with E-state index in [9.17, 15) is 9.18 Å². The smallest absolute Gasteiger partial charge is 0.260 e. The summed E-state index contributed by atoms with van der Waals surface area (Å²) in [6.45, 7) is 4.23. The van der Waals surface area contributed by atoms with Gasteiger partial charge in [-0.25, -0.2) is 4.39 Å². The summed E-state index contributed by atoms with van der Waals surface area (Å²) < 4.78 is 24.1. The SMILES string of the molecule is Cc1noc(C2CN(C(=O)COc3ccc(F)cc3)CCCN2Cc2ccccc2)n1. The normalized spacial score (nSPS) is 17.4. The summed E-state index contributed by atoms with van der Waals surface area (Å²) in [4.78, 5) is 21.4. The van der Waals surface area contributed by atoms with Crippen LogP contribution < -0.4 is 4.74 Å². The summed E-state index contributed by atoms with van der Waals surface area (Å²) in [5.74, 6) is 1.05. The van der Waals surface area contributed by atoms with Crippen molar-refractivity contribution >= 4 is 5.91 Å². The van der Waals surface area contributed by atoms with E-state index in [0.717, 1.165) is 19.5 Å². The lowest BCUT2D eigenvalue weighted by Gasteiger charge is -2.29. The van der Waals surface area contributed by atoms with Gasteiger partial charge in [0.15, 0.2) is 12.4 Å². The van der Waals surface area contributed by atoms with Gasteiger partial charge in [-0.3, -0.25) is 9.69 Å². The van der Waals surface area contributed by atoms with Crippen LogP contribution in [0.3, 0.4) is 0 Å². The zero-order valence-corrected chi connectivity index (χ0v) is 17.4. The number of hydrogen-bond acceptors (Lipinski definition) is 6. The van der Waals surface area contributed by atoms with Crippen molar-refractivity contribution in [1.82, 2.24) is 19.9 Å². The molecule has 0 aliphatic carbocycles. The summed E-state index contributed by atoms with van der Waals surface area (Å²) in [5, 5.41) is 3.95. The average molecular weight is 424 g/mol. The Morgan fingerprint density at radius 3 is 2.65 bits per heavy atom. The standard InChI is InChI=1S/C23H25FN4O3/c1-17-25-23(31-26-17)21-15-28(22(29)16-30-20-10-8-19(24)9-11-20)13-5-12-27(21)14-18-6-3-2-4-7-18/h2-4,6-11,21H,5,12-16H2,1H3. The Morgan fingerprint density at radius 1 is 1.16 bits per heavy atom. The monoisotopic (exact) mass is 424 g/mol. The molecule has 162 valence electrons. The van der Waals surface area contributed by atoms with Crippen LogP contribution in [0.4, 0.5) is 4.39 Å². The molecule has 0 N–H and O–H groups in total. The van der Waals surface area contributed by atoms with Gasteiger partial charge < -0.3 is 14.2 Å². The number of rotatable bonds is 6. The molecule has 2 aromatic carbocycles. The van der Waals surface area contributed by atoms with E-state index in [1.807, 2.05) is 18.2 Å². The van der Waals surface area contributed by atoms with Crippen LogP contribution in [-0.2, 0) is 11.3 Å². The fraction of sp³-hybridized carbons (Fsp3) is 0.348. The Bertz CT molecular complexity index is 994. The van der Waals surface area contributed by atoms with Gasteiger partial charge in [0, 0.05) is 26.2 Å². The van der Waals surface area contributed by atoms with Crippen LogP contribution in [-0.4, -0.2) is 52.1 Å². The molecule has 1 aliphatic heterocycles. The van der Waals surface area contributed by atoms with E-state index in [1.54, 1.807) is 11.8 Å². The van der Waals surface area contributed by atoms with E-state index in [2.05, 4.69) is 27.2 Å². The summed E-state index contributed by atoms with van der Waals surface area (Å²) in [6.07, 6.45) is 0.818. The van der Waals surface area contributed by atoms with Gasteiger partial charge in [0.05, 0.1) is 0 Å². The van der Waals surface area contributed by atoms with Gasteiger partial charge in [0.25, 0.3) is 5.91 Å². The minimum absolute atomic E-state index is 0.111. The maximum Gasteiger partial charge on any atom is 0.260 e. The number of benzene rings is 2. The van der Waals surface area contributed by atoms with Crippen molar-refractivity contribution in [2.24, 2.45) is 0 Å². The number of aromatic nitrogens is 2. The molecule has 1 amide bonds. The van der Waals surface area contributed by atoms with Gasteiger partial charge in [0.2, 0.25) is 5.89 Å². The second-order valence-corrected chi connectivity index (χ2v) is 7.59. The highest BCUT2D eigenvalue weighted by atomic mass is 19.1. The summed E-state index contributed by atoms with van der Waals surface area (Å²) in [7, 11) is 0. The first-order valence-corrected chi connectivity index (χ1v) is 10.3. The molecule has 4 rings (SSSR count). The topological polar surface area (TPSA) is 71.7 Å². The van der Waals surface area contributed by atoms with Crippen LogP contribution in [0.25, 0.3) is 0 Å². The molecule has 1 unspecified atom stereocenters. The van der Waals surface area contributed by atoms with Crippen LogP contribution in [0, 0.1) is 12.7 Å². The fourth-order valence-electron chi connectivity index (χ4n) is 3.72. The molecule has 31 heavy (non-hydrogen) atoms. The number of carbonyl (C=O) groups is 1. The number of carbonyl (C=O) groups excluding carboxylic acids is 1. The second kappa shape index (κ2) is 9.70. The number of ether oxygens (including phenoxy) is 1. The van der Waals surface area contributed by atoms with Gasteiger partial charge >= 0.3 is 0 Å². The molecule has 0 radical (unpaired) electrons. The van der Waals surface area contributed by atoms with Gasteiger partial charge in [-0.1, -0.05) is 35.5 Å². The number of hydrogen-bond donors (Lipinski definition) is 0. The minimum atomic E-state index is -0.345. The highest BCUT2D eigenvalue weighted by Gasteiger charge is 2.32. The lowest BCUT2D eigenvalue weighted by Crippen LogP contribution is -2.39. The van der Waals surface area contributed by atoms with E-state index in [4.69, 9.17) is 9.26 Å². The predicted octanol–water partition coefficient (Wildman–Crippen LogP) is 3.37. The molecule has 2 heterocycles. The minimum Gasteiger partial charge on any atom is -0.484 e. The first-order valence-electron chi connectivity index (χ1n) is 10.3. The summed E-state index contributed by atoms with van der Waals surface area (Å²) >= 11 is 0. The van der Waals surface area contributed by atoms with Crippen molar-refractivity contribution in [2.75, 3.05) is 26.2 Å². The molecule has 1 fully saturated rings. The molecule has 8 heteroatoms. The fourth-order valence-corrected chi connectivity index (χ4v) is 3.72. The van der Waals surface area contributed by atoms with Crippen LogP contribution in [0.1, 0.15) is 29.7 Å². The number of amides is 1. The molecule has 0 spiro atoms. The van der Waals surface area contributed by atoms with Gasteiger partial charge in [-0.15, -0.1) is 0 Å². The highest BCUT2D eigenvalue weighted by Crippen LogP contribution is 2.26. The molecule has 1 aromatic heterocycles. The predicted molar refractivity (Wildman–Crippen MR) is 112 cm³/mol. The molecule has 1 aliphatic rings. The maximum absolute atomic E-state index is 13.1. The molecular weight excluding hydrogens is 399 g/mol. The summed E-state index contributed by atoms with van der Waals surface area (Å²) in [6, 6.07) is 15.6. The van der Waals surface area contributed by atoms with E-state index in [-0.39, 0.29) is 24.4 Å². The van der Waals surface area contributed by atoms with E-state index in [1.165, 1.54) is 29.8 Å². The zero-order chi connectivity index (χ0) is 21.6. The Labute approximate surface area is 180 Å². The maximum atomic E-state index is 13.1. The van der Waals surface area contributed by atoms with Crippen molar-refractivity contribution in [3.63, 3.8) is 0 Å². The molecule has 1 saturated heterocycles. The third-order valence-electron chi connectivity index (χ3n) is 5.29. The van der Waals surface area contributed by atoms with Crippen LogP contribution in [0.5, 0.6) is 5.75 Å². The zero-order valence-electron chi connectivity index (χ0n) is 17.4. The van der Waals surface area contributed by atoms with Gasteiger partial charge in [0.1, 0.15) is 17.6 Å². The van der Waals surface area contributed by atoms with Crippen LogP contribution >= 0.6 is 0 Å². The largest absolute Gasteiger partial charge is 0.484 e. The molecule has 0 bridgehead atoms. The molecule has 7 nitrogen and oxygen atoms in total. The third kappa shape index (κ3) is 5.46. The van der Waals surface area contributed by atoms with E-state index in [0.29, 0.717) is 30.6 Å². The highest BCUT2D eigenvalue weighted by molar-refractivity contribution is 5.77. The average Bonchev–Trinajstić information content (AvgIpc) is 3.10. The Hall–Kier alpha value is -3.26. The number of nitrogens with zero attached hydrogens (tertiary/aromatic N) is 4. The number of aryl methyl sites for hydroxylation is 1. The van der Waals surface area contributed by atoms with Crippen molar-refractivity contribution in [3.05, 3.63) is 77.7 Å². The van der Waals surface area contributed by atoms with Crippen molar-refractivity contribution in [1.29, 1.82) is 0 Å². The quantitative estimate of drug-likeness (QED) is 0.604. The number of halogens is 1. The second-order valence-electron chi connectivity index (χ2n) is 7.59. The Balaban J connectivity index is 1.47. The lowest BCUT2D eigenvalue weighted by molar-refractivity contribution is -0.133. The van der Waals surface area contributed by atoms with E-state index >= 15 is 0 Å². The first kappa shape index (κ1) is 21.0. The summed E-state index contributed by atoms with van der Waals surface area (Å²) in [5.41, 5.74) is 1.18. The molecule has 0 saturated carbocycles. The van der Waals surface area contributed by atoms with E-state index < -0.39 is 0 Å². The first-order chi connectivity index (χ1) is 15.1. The lowest BCUT2D eigenvalue weighted by atomic mass is 10.1. The molecule has 1 atom stereocenters. The van der Waals surface area contributed by atoms with Gasteiger partial charge in [-0.2, -0.15) is 4.98 Å². The third-order valence-corrected chi connectivity index (χ3v) is 5.29. The van der Waals surface area contributed by atoms with Crippen molar-refractivity contribution in [2.45, 2.75) is 25.9 Å².